The molecule has 2 rings (SSSR count). The molecule has 0 aliphatic carbocycles. The summed E-state index contributed by atoms with van der Waals surface area (Å²) < 4.78 is 62.7. The van der Waals surface area contributed by atoms with Crippen LogP contribution in [0.4, 0.5) is 11.4 Å². The zero-order valence-electron chi connectivity index (χ0n) is 10.9. The van der Waals surface area contributed by atoms with E-state index in [1.807, 2.05) is 0 Å². The SMILES string of the molecule is O=S(=O)(O)c1ccc(N=Nc2ccccc2)cc1S(=O)(=O)O. The van der Waals surface area contributed by atoms with Gasteiger partial charge in [-0.25, -0.2) is 0 Å². The van der Waals surface area contributed by atoms with Gasteiger partial charge in [0.1, 0.15) is 9.79 Å². The lowest BCUT2D eigenvalue weighted by Gasteiger charge is -2.04. The summed E-state index contributed by atoms with van der Waals surface area (Å²) in [6.07, 6.45) is 0. The van der Waals surface area contributed by atoms with Crippen molar-refractivity contribution in [3.8, 4) is 0 Å². The maximum absolute atomic E-state index is 11.2. The minimum atomic E-state index is -4.86. The monoisotopic (exact) mass is 342 g/mol. The summed E-state index contributed by atoms with van der Waals surface area (Å²) in [6.45, 7) is 0. The minimum Gasteiger partial charge on any atom is -0.282 e. The molecule has 8 nitrogen and oxygen atoms in total. The number of nitrogens with zero attached hydrogens (tertiary/aromatic N) is 2. The van der Waals surface area contributed by atoms with Gasteiger partial charge in [-0.15, -0.1) is 0 Å². The fourth-order valence-corrected chi connectivity index (χ4v) is 3.36. The third-order valence-corrected chi connectivity index (χ3v) is 4.45. The lowest BCUT2D eigenvalue weighted by atomic mass is 10.3. The summed E-state index contributed by atoms with van der Waals surface area (Å²) >= 11 is 0. The van der Waals surface area contributed by atoms with E-state index in [0.717, 1.165) is 18.2 Å². The first-order valence-corrected chi connectivity index (χ1v) is 8.62. The number of hydrogen-bond donors (Lipinski definition) is 2. The highest BCUT2D eigenvalue weighted by Crippen LogP contribution is 2.27. The molecule has 0 heterocycles. The van der Waals surface area contributed by atoms with Crippen LogP contribution in [0, 0.1) is 0 Å². The van der Waals surface area contributed by atoms with Crippen molar-refractivity contribution in [3.63, 3.8) is 0 Å². The van der Waals surface area contributed by atoms with Crippen LogP contribution >= 0.6 is 0 Å². The van der Waals surface area contributed by atoms with Gasteiger partial charge in [-0.1, -0.05) is 18.2 Å². The Hall–Kier alpha value is -2.14. The second kappa shape index (κ2) is 5.93. The van der Waals surface area contributed by atoms with Gasteiger partial charge in [0, 0.05) is 0 Å². The third kappa shape index (κ3) is 3.95. The molecule has 0 aromatic heterocycles. The Balaban J connectivity index is 2.51. The topological polar surface area (TPSA) is 133 Å². The van der Waals surface area contributed by atoms with E-state index >= 15 is 0 Å². The highest BCUT2D eigenvalue weighted by Gasteiger charge is 2.24. The first kappa shape index (κ1) is 16.2. The van der Waals surface area contributed by atoms with Crippen LogP contribution in [0.25, 0.3) is 0 Å². The lowest BCUT2D eigenvalue weighted by Crippen LogP contribution is -2.08. The number of azo groups is 1. The predicted octanol–water partition coefficient (Wildman–Crippen LogP) is 2.60. The van der Waals surface area contributed by atoms with Crippen molar-refractivity contribution in [2.45, 2.75) is 9.79 Å². The Morgan fingerprint density at radius 2 is 1.23 bits per heavy atom. The molecular formula is C12H10N2O6S2. The third-order valence-electron chi connectivity index (χ3n) is 2.52. The normalized spacial score (nSPS) is 12.6. The summed E-state index contributed by atoms with van der Waals surface area (Å²) in [5.41, 5.74) is 0.485. The molecule has 0 bridgehead atoms. The van der Waals surface area contributed by atoms with Crippen LogP contribution in [-0.4, -0.2) is 25.9 Å². The van der Waals surface area contributed by atoms with Crippen molar-refractivity contribution in [3.05, 3.63) is 48.5 Å². The molecule has 0 radical (unpaired) electrons. The van der Waals surface area contributed by atoms with Crippen LogP contribution in [-0.2, 0) is 20.2 Å². The van der Waals surface area contributed by atoms with E-state index in [1.54, 1.807) is 30.3 Å². The van der Waals surface area contributed by atoms with E-state index in [1.165, 1.54) is 0 Å². The molecule has 0 unspecified atom stereocenters. The van der Waals surface area contributed by atoms with Crippen molar-refractivity contribution >= 4 is 31.6 Å². The van der Waals surface area contributed by atoms with Gasteiger partial charge in [0.05, 0.1) is 11.4 Å². The Bertz CT molecular complexity index is 921. The van der Waals surface area contributed by atoms with Gasteiger partial charge in [-0.3, -0.25) is 9.11 Å². The number of rotatable bonds is 4. The van der Waals surface area contributed by atoms with Crippen LogP contribution in [0.15, 0.2) is 68.6 Å². The highest BCUT2D eigenvalue weighted by atomic mass is 32.2. The molecule has 0 fully saturated rings. The fourth-order valence-electron chi connectivity index (χ4n) is 1.58. The summed E-state index contributed by atoms with van der Waals surface area (Å²) in [7, 11) is -9.67. The number of benzene rings is 2. The molecule has 0 spiro atoms. The van der Waals surface area contributed by atoms with Gasteiger partial charge in [-0.05, 0) is 30.3 Å². The second-order valence-corrected chi connectivity index (χ2v) is 6.90. The molecule has 0 atom stereocenters. The Morgan fingerprint density at radius 3 is 1.77 bits per heavy atom. The summed E-state index contributed by atoms with van der Waals surface area (Å²) in [5, 5.41) is 7.57. The van der Waals surface area contributed by atoms with Gasteiger partial charge in [0.15, 0.2) is 0 Å². The summed E-state index contributed by atoms with van der Waals surface area (Å²) in [4.78, 5) is -1.91. The quantitative estimate of drug-likeness (QED) is 0.648. The first-order valence-electron chi connectivity index (χ1n) is 5.74. The van der Waals surface area contributed by atoms with E-state index in [-0.39, 0.29) is 5.69 Å². The molecule has 22 heavy (non-hydrogen) atoms. The van der Waals surface area contributed by atoms with E-state index in [0.29, 0.717) is 5.69 Å². The van der Waals surface area contributed by atoms with E-state index in [9.17, 15) is 16.8 Å². The molecule has 0 saturated heterocycles. The van der Waals surface area contributed by atoms with E-state index in [4.69, 9.17) is 9.11 Å². The average Bonchev–Trinajstić information content (AvgIpc) is 2.44. The Morgan fingerprint density at radius 1 is 0.682 bits per heavy atom. The summed E-state index contributed by atoms with van der Waals surface area (Å²) in [6, 6.07) is 11.3. The van der Waals surface area contributed by atoms with Crippen molar-refractivity contribution in [2.75, 3.05) is 0 Å². The molecular weight excluding hydrogens is 332 g/mol. The smallest absolute Gasteiger partial charge is 0.282 e. The predicted molar refractivity (Wildman–Crippen MR) is 76.7 cm³/mol. The van der Waals surface area contributed by atoms with Gasteiger partial charge < -0.3 is 0 Å². The van der Waals surface area contributed by atoms with Crippen molar-refractivity contribution in [1.82, 2.24) is 0 Å². The highest BCUT2D eigenvalue weighted by molar-refractivity contribution is 7.89. The van der Waals surface area contributed by atoms with Crippen LogP contribution in [0.2, 0.25) is 0 Å². The molecule has 0 aliphatic rings. The van der Waals surface area contributed by atoms with Crippen LogP contribution in [0.3, 0.4) is 0 Å². The fraction of sp³-hybridized carbons (Fsp3) is 0. The van der Waals surface area contributed by atoms with Crippen LogP contribution in [0.5, 0.6) is 0 Å². The molecule has 2 aromatic carbocycles. The number of hydrogen-bond acceptors (Lipinski definition) is 6. The van der Waals surface area contributed by atoms with E-state index < -0.39 is 30.0 Å². The average molecular weight is 342 g/mol. The minimum absolute atomic E-state index is 0.0103. The Labute approximate surface area is 126 Å². The molecule has 0 amide bonds. The molecule has 116 valence electrons. The lowest BCUT2D eigenvalue weighted by molar-refractivity contribution is 0.466. The van der Waals surface area contributed by atoms with Crippen LogP contribution < -0.4 is 0 Å². The van der Waals surface area contributed by atoms with Gasteiger partial charge in [0.25, 0.3) is 20.2 Å². The van der Waals surface area contributed by atoms with Crippen molar-refractivity contribution in [1.29, 1.82) is 0 Å². The Kier molecular flexibility index (Phi) is 4.37. The molecule has 2 N–H and O–H groups in total. The second-order valence-electron chi connectivity index (χ2n) is 4.12. The maximum Gasteiger partial charge on any atom is 0.295 e. The van der Waals surface area contributed by atoms with Gasteiger partial charge in [-0.2, -0.15) is 27.1 Å². The van der Waals surface area contributed by atoms with Gasteiger partial charge >= 0.3 is 0 Å². The van der Waals surface area contributed by atoms with Gasteiger partial charge in [0.2, 0.25) is 0 Å². The van der Waals surface area contributed by atoms with Crippen molar-refractivity contribution < 1.29 is 25.9 Å². The molecule has 10 heteroatoms. The van der Waals surface area contributed by atoms with Crippen molar-refractivity contribution in [2.24, 2.45) is 10.2 Å². The largest absolute Gasteiger partial charge is 0.295 e. The maximum atomic E-state index is 11.2. The van der Waals surface area contributed by atoms with Crippen LogP contribution in [0.1, 0.15) is 0 Å². The molecule has 2 aromatic rings. The standard InChI is InChI=1S/C12H10N2O6S2/c15-21(16,17)11-7-6-10(8-12(11)22(18,19)20)14-13-9-4-2-1-3-5-9/h1-8H,(H,15,16,17)(H,18,19,20). The first-order chi connectivity index (χ1) is 10.2. The zero-order valence-corrected chi connectivity index (χ0v) is 12.5. The zero-order chi connectivity index (χ0) is 16.4. The summed E-state index contributed by atoms with van der Waals surface area (Å²) in [5.74, 6) is 0. The molecule has 0 aliphatic heterocycles. The molecule has 0 saturated carbocycles. The van der Waals surface area contributed by atoms with E-state index in [2.05, 4.69) is 10.2 Å².